The number of halogens is 1. The van der Waals surface area contributed by atoms with E-state index in [-0.39, 0.29) is 5.82 Å². The van der Waals surface area contributed by atoms with Gasteiger partial charge in [0.25, 0.3) is 0 Å². The Kier molecular flexibility index (Phi) is 3.55. The quantitative estimate of drug-likeness (QED) is 0.629. The van der Waals surface area contributed by atoms with Crippen molar-refractivity contribution in [2.24, 2.45) is 0 Å². The fourth-order valence-corrected chi connectivity index (χ4v) is 2.42. The van der Waals surface area contributed by atoms with E-state index < -0.39 is 0 Å². The predicted octanol–water partition coefficient (Wildman–Crippen LogP) is 3.82. The number of fused-ring (bicyclic) bond motifs is 1. The summed E-state index contributed by atoms with van der Waals surface area (Å²) in [6, 6.07) is 19.7. The summed E-state index contributed by atoms with van der Waals surface area (Å²) in [4.78, 5) is 0. The highest BCUT2D eigenvalue weighted by Gasteiger charge is 2.04. The maximum Gasteiger partial charge on any atom is 0.156 e. The molecule has 0 aromatic heterocycles. The van der Waals surface area contributed by atoms with E-state index in [1.807, 2.05) is 25.1 Å². The van der Waals surface area contributed by atoms with E-state index in [4.69, 9.17) is 0 Å². The Morgan fingerprint density at radius 3 is 2.55 bits per heavy atom. The van der Waals surface area contributed by atoms with Crippen LogP contribution in [0.3, 0.4) is 0 Å². The van der Waals surface area contributed by atoms with Gasteiger partial charge in [0.15, 0.2) is 7.28 Å². The lowest BCUT2D eigenvalue weighted by Gasteiger charge is -2.06. The van der Waals surface area contributed by atoms with Crippen LogP contribution in [0, 0.1) is 12.7 Å². The van der Waals surface area contributed by atoms with Crippen molar-refractivity contribution < 1.29 is 4.39 Å². The minimum absolute atomic E-state index is 0.180. The van der Waals surface area contributed by atoms with Crippen LogP contribution in [0.1, 0.15) is 11.1 Å². The van der Waals surface area contributed by atoms with E-state index in [1.54, 1.807) is 6.07 Å². The molecule has 0 fully saturated rings. The van der Waals surface area contributed by atoms with Gasteiger partial charge in [-0.05, 0) is 36.1 Å². The molecule has 0 aliphatic rings. The molecular weight excluding hydrogens is 246 g/mol. The van der Waals surface area contributed by atoms with Crippen molar-refractivity contribution in [3.05, 3.63) is 77.6 Å². The molecular formula is C18H15BF. The first-order valence-electron chi connectivity index (χ1n) is 6.79. The molecule has 2 heteroatoms. The molecule has 0 N–H and O–H groups in total. The third-order valence-corrected chi connectivity index (χ3v) is 3.61. The van der Waals surface area contributed by atoms with Crippen molar-refractivity contribution in [1.82, 2.24) is 0 Å². The third-order valence-electron chi connectivity index (χ3n) is 3.61. The van der Waals surface area contributed by atoms with Gasteiger partial charge in [0, 0.05) is 0 Å². The maximum atomic E-state index is 13.3. The van der Waals surface area contributed by atoms with E-state index in [0.717, 1.165) is 17.3 Å². The maximum absolute atomic E-state index is 13.3. The molecule has 20 heavy (non-hydrogen) atoms. The second kappa shape index (κ2) is 5.50. The Labute approximate surface area is 119 Å². The zero-order valence-electron chi connectivity index (χ0n) is 11.4. The Hall–Kier alpha value is -2.09. The number of hydrogen-bond acceptors (Lipinski definition) is 0. The molecule has 3 rings (SSSR count). The zero-order valence-corrected chi connectivity index (χ0v) is 11.4. The molecule has 0 amide bonds. The van der Waals surface area contributed by atoms with Gasteiger partial charge in [0.05, 0.1) is 0 Å². The Bertz CT molecular complexity index is 749. The molecule has 0 bridgehead atoms. The molecule has 97 valence electrons. The lowest BCUT2D eigenvalue weighted by Crippen LogP contribution is -2.20. The standard InChI is InChI=1S/C18H15BF/c1-13-6-9-17(20)11-18(13)19-12-14-7-8-15-4-2-3-5-16(15)10-14/h2-11H,12H2,1H3. The molecule has 0 saturated carbocycles. The van der Waals surface area contributed by atoms with Crippen molar-refractivity contribution in [2.45, 2.75) is 13.2 Å². The fourth-order valence-electron chi connectivity index (χ4n) is 2.42. The average molecular weight is 261 g/mol. The van der Waals surface area contributed by atoms with Crippen LogP contribution in [0.5, 0.6) is 0 Å². The molecule has 3 aromatic carbocycles. The van der Waals surface area contributed by atoms with Gasteiger partial charge >= 0.3 is 0 Å². The van der Waals surface area contributed by atoms with Crippen LogP contribution >= 0.6 is 0 Å². The molecule has 0 nitrogen and oxygen atoms in total. The van der Waals surface area contributed by atoms with E-state index in [9.17, 15) is 4.39 Å². The first kappa shape index (κ1) is 12.9. The van der Waals surface area contributed by atoms with Gasteiger partial charge in [-0.2, -0.15) is 0 Å². The minimum atomic E-state index is -0.180. The number of hydrogen-bond donors (Lipinski definition) is 0. The molecule has 3 aromatic rings. The summed E-state index contributed by atoms with van der Waals surface area (Å²) in [7, 11) is 2.09. The first-order chi connectivity index (χ1) is 9.72. The van der Waals surface area contributed by atoms with Gasteiger partial charge in [-0.25, -0.2) is 4.39 Å². The van der Waals surface area contributed by atoms with Gasteiger partial charge < -0.3 is 0 Å². The normalized spacial score (nSPS) is 10.7. The molecule has 0 aliphatic carbocycles. The van der Waals surface area contributed by atoms with E-state index in [1.165, 1.54) is 22.4 Å². The van der Waals surface area contributed by atoms with Crippen LogP contribution in [0.4, 0.5) is 4.39 Å². The summed E-state index contributed by atoms with van der Waals surface area (Å²) in [5, 5.41) is 2.49. The van der Waals surface area contributed by atoms with Crippen LogP contribution in [0.25, 0.3) is 10.8 Å². The number of aryl methyl sites for hydroxylation is 1. The van der Waals surface area contributed by atoms with Gasteiger partial charge in [0.2, 0.25) is 0 Å². The highest BCUT2D eigenvalue weighted by Crippen LogP contribution is 2.15. The van der Waals surface area contributed by atoms with Crippen molar-refractivity contribution in [1.29, 1.82) is 0 Å². The number of benzene rings is 3. The highest BCUT2D eigenvalue weighted by molar-refractivity contribution is 6.53. The molecule has 0 atom stereocenters. The van der Waals surface area contributed by atoms with Gasteiger partial charge in [0.1, 0.15) is 5.82 Å². The summed E-state index contributed by atoms with van der Waals surface area (Å²) in [5.74, 6) is -0.180. The van der Waals surface area contributed by atoms with Gasteiger partial charge in [-0.15, -0.1) is 0 Å². The molecule has 0 heterocycles. The summed E-state index contributed by atoms with van der Waals surface area (Å²) in [6.07, 6.45) is 0.815. The van der Waals surface area contributed by atoms with Crippen LogP contribution in [-0.4, -0.2) is 7.28 Å². The van der Waals surface area contributed by atoms with E-state index >= 15 is 0 Å². The zero-order chi connectivity index (χ0) is 13.9. The summed E-state index contributed by atoms with van der Waals surface area (Å²) in [5.41, 5.74) is 3.32. The van der Waals surface area contributed by atoms with Crippen LogP contribution in [0.15, 0.2) is 60.7 Å². The van der Waals surface area contributed by atoms with Crippen molar-refractivity contribution in [3.63, 3.8) is 0 Å². The molecule has 0 spiro atoms. The number of rotatable bonds is 3. The van der Waals surface area contributed by atoms with Crippen molar-refractivity contribution >= 4 is 23.5 Å². The highest BCUT2D eigenvalue weighted by atomic mass is 19.1. The smallest absolute Gasteiger partial charge is 0.156 e. The summed E-state index contributed by atoms with van der Waals surface area (Å²) in [6.45, 7) is 2.01. The van der Waals surface area contributed by atoms with Gasteiger partial charge in [-0.1, -0.05) is 65.1 Å². The molecule has 0 saturated heterocycles. The second-order valence-electron chi connectivity index (χ2n) is 5.09. The van der Waals surface area contributed by atoms with Crippen molar-refractivity contribution in [2.75, 3.05) is 0 Å². The minimum Gasteiger partial charge on any atom is -0.207 e. The SMILES string of the molecule is Cc1ccc(F)cc1[B]Cc1ccc2ccccc2c1. The molecule has 0 aliphatic heterocycles. The Morgan fingerprint density at radius 1 is 0.900 bits per heavy atom. The van der Waals surface area contributed by atoms with Gasteiger partial charge in [-0.3, -0.25) is 0 Å². The van der Waals surface area contributed by atoms with Crippen LogP contribution in [0.2, 0.25) is 0 Å². The van der Waals surface area contributed by atoms with Crippen molar-refractivity contribution in [3.8, 4) is 0 Å². The topological polar surface area (TPSA) is 0 Å². The van der Waals surface area contributed by atoms with E-state index in [2.05, 4.69) is 37.6 Å². The average Bonchev–Trinajstić information content (AvgIpc) is 2.48. The first-order valence-corrected chi connectivity index (χ1v) is 6.79. The van der Waals surface area contributed by atoms with E-state index in [0.29, 0.717) is 0 Å². The molecule has 0 unspecified atom stereocenters. The van der Waals surface area contributed by atoms with Crippen LogP contribution in [-0.2, 0) is 6.32 Å². The monoisotopic (exact) mass is 261 g/mol. The van der Waals surface area contributed by atoms with Crippen LogP contribution < -0.4 is 5.46 Å². The second-order valence-corrected chi connectivity index (χ2v) is 5.09. The summed E-state index contributed by atoms with van der Waals surface area (Å²) >= 11 is 0. The fraction of sp³-hybridized carbons (Fsp3) is 0.111. The predicted molar refractivity (Wildman–Crippen MR) is 84.2 cm³/mol. The summed E-state index contributed by atoms with van der Waals surface area (Å²) < 4.78 is 13.3. The molecule has 1 radical (unpaired) electrons. The Balaban J connectivity index is 1.81. The largest absolute Gasteiger partial charge is 0.207 e. The lowest BCUT2D eigenvalue weighted by atomic mass is 9.64. The lowest BCUT2D eigenvalue weighted by molar-refractivity contribution is 0.628. The Morgan fingerprint density at radius 2 is 1.70 bits per heavy atom. The third kappa shape index (κ3) is 2.74.